The molecule has 3 aromatic rings. The minimum atomic E-state index is 0.425. The highest BCUT2D eigenvalue weighted by Gasteiger charge is 2.12. The molecule has 0 saturated carbocycles. The number of benzene rings is 2. The zero-order valence-corrected chi connectivity index (χ0v) is 16.6. The second kappa shape index (κ2) is 8.41. The van der Waals surface area contributed by atoms with Crippen LogP contribution in [0.3, 0.4) is 0 Å². The predicted octanol–water partition coefficient (Wildman–Crippen LogP) is 5.09. The minimum Gasteiger partial charge on any atom is -0.486 e. The fraction of sp³-hybridized carbons (Fsp3) is 0.333. The lowest BCUT2D eigenvalue weighted by molar-refractivity contribution is 0.288. The van der Waals surface area contributed by atoms with Crippen LogP contribution in [0.4, 0.5) is 0 Å². The van der Waals surface area contributed by atoms with Crippen molar-refractivity contribution in [3.63, 3.8) is 0 Å². The standard InChI is InChI=1S/C21H25N3OS/c1-5-24-20(13-25-19-11-16(3)9-17(4)12-19)22-23-21(24)26-14-18-8-6-7-15(2)10-18/h6-12H,5,13-14H2,1-4H3. The number of hydrogen-bond donors (Lipinski definition) is 0. The van der Waals surface area contributed by atoms with Crippen LogP contribution in [0.2, 0.25) is 0 Å². The number of aryl methyl sites for hydroxylation is 3. The lowest BCUT2D eigenvalue weighted by Gasteiger charge is -2.10. The van der Waals surface area contributed by atoms with E-state index in [9.17, 15) is 0 Å². The van der Waals surface area contributed by atoms with Gasteiger partial charge in [-0.2, -0.15) is 0 Å². The molecular formula is C21H25N3OS. The van der Waals surface area contributed by atoms with E-state index in [0.717, 1.165) is 29.0 Å². The second-order valence-corrected chi connectivity index (χ2v) is 7.48. The van der Waals surface area contributed by atoms with Crippen molar-refractivity contribution in [2.45, 2.75) is 51.8 Å². The van der Waals surface area contributed by atoms with Gasteiger partial charge in [0.2, 0.25) is 0 Å². The molecular weight excluding hydrogens is 342 g/mol. The molecule has 1 heterocycles. The van der Waals surface area contributed by atoms with Gasteiger partial charge in [0.15, 0.2) is 11.0 Å². The molecule has 0 aliphatic carbocycles. The molecule has 0 amide bonds. The van der Waals surface area contributed by atoms with Crippen LogP contribution in [0.15, 0.2) is 47.6 Å². The molecule has 0 unspecified atom stereocenters. The zero-order chi connectivity index (χ0) is 18.5. The van der Waals surface area contributed by atoms with Crippen molar-refractivity contribution in [3.8, 4) is 5.75 Å². The minimum absolute atomic E-state index is 0.425. The van der Waals surface area contributed by atoms with Gasteiger partial charge in [-0.1, -0.05) is 47.7 Å². The van der Waals surface area contributed by atoms with Gasteiger partial charge < -0.3 is 9.30 Å². The maximum Gasteiger partial charge on any atom is 0.191 e. The Morgan fingerprint density at radius 1 is 0.962 bits per heavy atom. The lowest BCUT2D eigenvalue weighted by atomic mass is 10.1. The number of hydrogen-bond acceptors (Lipinski definition) is 4. The van der Waals surface area contributed by atoms with Crippen molar-refractivity contribution < 1.29 is 4.74 Å². The number of rotatable bonds is 7. The first-order valence-corrected chi connectivity index (χ1v) is 9.85. The summed E-state index contributed by atoms with van der Waals surface area (Å²) in [4.78, 5) is 0. The van der Waals surface area contributed by atoms with Crippen molar-refractivity contribution in [1.82, 2.24) is 14.8 Å². The SMILES string of the molecule is CCn1c(COc2cc(C)cc(C)c2)nnc1SCc1cccc(C)c1. The van der Waals surface area contributed by atoms with Gasteiger partial charge in [-0.15, -0.1) is 10.2 Å². The molecule has 0 radical (unpaired) electrons. The predicted molar refractivity (Wildman–Crippen MR) is 107 cm³/mol. The first-order chi connectivity index (χ1) is 12.5. The first-order valence-electron chi connectivity index (χ1n) is 8.86. The topological polar surface area (TPSA) is 39.9 Å². The Hall–Kier alpha value is -2.27. The Labute approximate surface area is 159 Å². The molecule has 2 aromatic carbocycles. The first kappa shape index (κ1) is 18.5. The van der Waals surface area contributed by atoms with E-state index in [1.54, 1.807) is 11.8 Å². The molecule has 1 aromatic heterocycles. The third-order valence-electron chi connectivity index (χ3n) is 4.12. The summed E-state index contributed by atoms with van der Waals surface area (Å²) in [5.74, 6) is 2.62. The average molecular weight is 368 g/mol. The Bertz CT molecular complexity index is 868. The van der Waals surface area contributed by atoms with Crippen LogP contribution in [0.25, 0.3) is 0 Å². The summed E-state index contributed by atoms with van der Waals surface area (Å²) in [5.41, 5.74) is 4.98. The van der Waals surface area contributed by atoms with Crippen LogP contribution in [-0.4, -0.2) is 14.8 Å². The van der Waals surface area contributed by atoms with Crippen molar-refractivity contribution in [2.24, 2.45) is 0 Å². The monoisotopic (exact) mass is 367 g/mol. The molecule has 0 atom stereocenters. The third kappa shape index (κ3) is 4.67. The summed E-state index contributed by atoms with van der Waals surface area (Å²) in [7, 11) is 0. The number of aromatic nitrogens is 3. The maximum atomic E-state index is 5.96. The number of nitrogens with zero attached hydrogens (tertiary/aromatic N) is 3. The van der Waals surface area contributed by atoms with Gasteiger partial charge in [-0.05, 0) is 56.5 Å². The Morgan fingerprint density at radius 2 is 1.73 bits per heavy atom. The third-order valence-corrected chi connectivity index (χ3v) is 5.16. The largest absolute Gasteiger partial charge is 0.486 e. The summed E-state index contributed by atoms with van der Waals surface area (Å²) in [6.07, 6.45) is 0. The van der Waals surface area contributed by atoms with E-state index in [0.29, 0.717) is 6.61 Å². The normalized spacial score (nSPS) is 10.9. The molecule has 0 N–H and O–H groups in total. The van der Waals surface area contributed by atoms with Gasteiger partial charge in [-0.3, -0.25) is 0 Å². The molecule has 0 saturated heterocycles. The maximum absolute atomic E-state index is 5.96. The quantitative estimate of drug-likeness (QED) is 0.545. The van der Waals surface area contributed by atoms with Crippen LogP contribution in [0.5, 0.6) is 5.75 Å². The Balaban J connectivity index is 1.67. The van der Waals surface area contributed by atoms with E-state index < -0.39 is 0 Å². The summed E-state index contributed by atoms with van der Waals surface area (Å²) >= 11 is 1.71. The fourth-order valence-corrected chi connectivity index (χ4v) is 3.93. The van der Waals surface area contributed by atoms with E-state index in [2.05, 4.69) is 72.8 Å². The summed E-state index contributed by atoms with van der Waals surface area (Å²) in [6, 6.07) is 14.8. The van der Waals surface area contributed by atoms with Crippen LogP contribution >= 0.6 is 11.8 Å². The van der Waals surface area contributed by atoms with Gasteiger partial charge >= 0.3 is 0 Å². The van der Waals surface area contributed by atoms with Crippen molar-refractivity contribution in [2.75, 3.05) is 0 Å². The fourth-order valence-electron chi connectivity index (χ4n) is 2.96. The molecule has 0 aliphatic rings. The van der Waals surface area contributed by atoms with Gasteiger partial charge in [0.05, 0.1) is 0 Å². The number of ether oxygens (including phenoxy) is 1. The Kier molecular flexibility index (Phi) is 5.99. The Morgan fingerprint density at radius 3 is 2.42 bits per heavy atom. The summed E-state index contributed by atoms with van der Waals surface area (Å²) < 4.78 is 8.08. The highest BCUT2D eigenvalue weighted by atomic mass is 32.2. The van der Waals surface area contributed by atoms with Crippen molar-refractivity contribution in [1.29, 1.82) is 0 Å². The summed E-state index contributed by atoms with van der Waals surface area (Å²) in [6.45, 7) is 9.64. The smallest absolute Gasteiger partial charge is 0.191 e. The van der Waals surface area contributed by atoms with E-state index in [4.69, 9.17) is 4.74 Å². The molecule has 136 valence electrons. The van der Waals surface area contributed by atoms with Gasteiger partial charge in [0.1, 0.15) is 12.4 Å². The van der Waals surface area contributed by atoms with Gasteiger partial charge in [-0.25, -0.2) is 0 Å². The molecule has 4 nitrogen and oxygen atoms in total. The van der Waals surface area contributed by atoms with Crippen molar-refractivity contribution >= 4 is 11.8 Å². The van der Waals surface area contributed by atoms with E-state index in [1.807, 2.05) is 12.1 Å². The second-order valence-electron chi connectivity index (χ2n) is 6.53. The molecule has 0 spiro atoms. The molecule has 0 aliphatic heterocycles. The molecule has 26 heavy (non-hydrogen) atoms. The highest BCUT2D eigenvalue weighted by molar-refractivity contribution is 7.98. The van der Waals surface area contributed by atoms with Gasteiger partial charge in [0.25, 0.3) is 0 Å². The molecule has 3 rings (SSSR count). The van der Waals surface area contributed by atoms with Crippen LogP contribution in [0.1, 0.15) is 35.0 Å². The molecule has 0 bridgehead atoms. The van der Waals surface area contributed by atoms with E-state index in [-0.39, 0.29) is 0 Å². The molecule has 0 fully saturated rings. The average Bonchev–Trinajstić information content (AvgIpc) is 2.99. The highest BCUT2D eigenvalue weighted by Crippen LogP contribution is 2.23. The summed E-state index contributed by atoms with van der Waals surface area (Å²) in [5, 5.41) is 9.65. The molecule has 5 heteroatoms. The van der Waals surface area contributed by atoms with Crippen molar-refractivity contribution in [3.05, 3.63) is 70.5 Å². The van der Waals surface area contributed by atoms with Crippen LogP contribution in [-0.2, 0) is 18.9 Å². The lowest BCUT2D eigenvalue weighted by Crippen LogP contribution is -2.07. The number of thioether (sulfide) groups is 1. The van der Waals surface area contributed by atoms with Gasteiger partial charge in [0, 0.05) is 12.3 Å². The zero-order valence-electron chi connectivity index (χ0n) is 15.8. The van der Waals surface area contributed by atoms with E-state index in [1.165, 1.54) is 22.3 Å². The van der Waals surface area contributed by atoms with Crippen LogP contribution in [0, 0.1) is 20.8 Å². The van der Waals surface area contributed by atoms with Crippen LogP contribution < -0.4 is 4.74 Å². The van der Waals surface area contributed by atoms with E-state index >= 15 is 0 Å².